The molecule has 3 N–H and O–H groups in total. The maximum Gasteiger partial charge on any atom is 0.397 e. The minimum absolute atomic E-state index is 0.00541. The summed E-state index contributed by atoms with van der Waals surface area (Å²) in [6, 6.07) is 3.41. The number of carboxylic acids is 1. The van der Waals surface area contributed by atoms with Crippen molar-refractivity contribution in [2.24, 2.45) is 0 Å². The normalized spacial score (nSPS) is 9.68. The van der Waals surface area contributed by atoms with Crippen LogP contribution >= 0.6 is 0 Å². The molecule has 0 fully saturated rings. The van der Waals surface area contributed by atoms with Crippen molar-refractivity contribution >= 4 is 41.1 Å². The highest BCUT2D eigenvalue weighted by Crippen LogP contribution is 2.21. The van der Waals surface area contributed by atoms with Gasteiger partial charge >= 0.3 is 29.7 Å². The van der Waals surface area contributed by atoms with Crippen LogP contribution in [0.15, 0.2) is 18.2 Å². The van der Waals surface area contributed by atoms with E-state index in [1.165, 1.54) is 19.9 Å². The predicted molar refractivity (Wildman–Crippen MR) is 83.9 cm³/mol. The lowest BCUT2D eigenvalue weighted by molar-refractivity contribution is -0.152. The van der Waals surface area contributed by atoms with Gasteiger partial charge in [-0.25, -0.2) is 14.4 Å². The van der Waals surface area contributed by atoms with Gasteiger partial charge in [-0.1, -0.05) is 0 Å². The van der Waals surface area contributed by atoms with Gasteiger partial charge in [0.25, 0.3) is 0 Å². The standard InChI is InChI=1S/C15H16N2O8/c1-3-24-14(22)11(18)16-8-5-6-10(9(7-8)13(20)21)17-12(19)15(23)25-4-2/h5-7H,3-4H2,1-2H3,(H,16,18)(H,17,19)(H,20,21). The average molecular weight is 352 g/mol. The van der Waals surface area contributed by atoms with Crippen LogP contribution in [-0.4, -0.2) is 48.0 Å². The first-order valence-electron chi connectivity index (χ1n) is 7.13. The molecule has 0 atom stereocenters. The molecule has 1 aromatic rings. The average Bonchev–Trinajstić information content (AvgIpc) is 2.56. The highest BCUT2D eigenvalue weighted by Gasteiger charge is 2.20. The summed E-state index contributed by atoms with van der Waals surface area (Å²) in [6.07, 6.45) is 0. The Morgan fingerprint density at radius 1 is 0.920 bits per heavy atom. The number of carboxylic acid groups (broad SMARTS) is 1. The lowest BCUT2D eigenvalue weighted by atomic mass is 10.1. The molecule has 0 aliphatic rings. The molecule has 0 saturated carbocycles. The van der Waals surface area contributed by atoms with Crippen molar-refractivity contribution in [3.8, 4) is 0 Å². The molecule has 1 rings (SSSR count). The molecule has 25 heavy (non-hydrogen) atoms. The second kappa shape index (κ2) is 9.01. The number of ether oxygens (including phenoxy) is 2. The van der Waals surface area contributed by atoms with E-state index in [1.54, 1.807) is 0 Å². The van der Waals surface area contributed by atoms with Gasteiger partial charge in [0.1, 0.15) is 0 Å². The molecule has 10 heteroatoms. The van der Waals surface area contributed by atoms with Crippen molar-refractivity contribution in [2.75, 3.05) is 23.8 Å². The highest BCUT2D eigenvalue weighted by atomic mass is 16.5. The zero-order chi connectivity index (χ0) is 19.0. The summed E-state index contributed by atoms with van der Waals surface area (Å²) < 4.78 is 9.00. The molecule has 0 aromatic heterocycles. The zero-order valence-corrected chi connectivity index (χ0v) is 13.5. The zero-order valence-electron chi connectivity index (χ0n) is 13.5. The van der Waals surface area contributed by atoms with Crippen molar-refractivity contribution in [1.82, 2.24) is 0 Å². The van der Waals surface area contributed by atoms with Gasteiger partial charge in [0, 0.05) is 5.69 Å². The van der Waals surface area contributed by atoms with E-state index in [4.69, 9.17) is 0 Å². The van der Waals surface area contributed by atoms with Gasteiger partial charge in [-0.05, 0) is 32.0 Å². The first kappa shape index (κ1) is 19.6. The third kappa shape index (κ3) is 5.61. The fraction of sp³-hybridized carbons (Fsp3) is 0.267. The van der Waals surface area contributed by atoms with Crippen LogP contribution in [0, 0.1) is 0 Å². The minimum atomic E-state index is -1.42. The number of anilines is 2. The van der Waals surface area contributed by atoms with Gasteiger partial charge < -0.3 is 25.2 Å². The van der Waals surface area contributed by atoms with Crippen LogP contribution in [0.2, 0.25) is 0 Å². The summed E-state index contributed by atoms with van der Waals surface area (Å²) >= 11 is 0. The van der Waals surface area contributed by atoms with E-state index in [1.807, 2.05) is 0 Å². The summed E-state index contributed by atoms with van der Waals surface area (Å²) in [6.45, 7) is 3.02. The van der Waals surface area contributed by atoms with Gasteiger partial charge in [-0.15, -0.1) is 0 Å². The summed E-state index contributed by atoms with van der Waals surface area (Å²) in [5.74, 6) is -5.95. The molecule has 0 radical (unpaired) electrons. The fourth-order valence-corrected chi connectivity index (χ4v) is 1.66. The van der Waals surface area contributed by atoms with E-state index in [0.717, 1.165) is 12.1 Å². The quantitative estimate of drug-likeness (QED) is 0.509. The molecule has 10 nitrogen and oxygen atoms in total. The van der Waals surface area contributed by atoms with E-state index >= 15 is 0 Å². The molecule has 0 bridgehead atoms. The largest absolute Gasteiger partial charge is 0.478 e. The van der Waals surface area contributed by atoms with Crippen LogP contribution in [-0.2, 0) is 28.7 Å². The number of carbonyl (C=O) groups is 5. The third-order valence-electron chi connectivity index (χ3n) is 2.68. The van der Waals surface area contributed by atoms with E-state index in [2.05, 4.69) is 20.1 Å². The smallest absolute Gasteiger partial charge is 0.397 e. The summed E-state index contributed by atoms with van der Waals surface area (Å²) in [4.78, 5) is 57.0. The van der Waals surface area contributed by atoms with Crippen LogP contribution in [0.25, 0.3) is 0 Å². The van der Waals surface area contributed by atoms with Crippen LogP contribution in [0.3, 0.4) is 0 Å². The third-order valence-corrected chi connectivity index (χ3v) is 2.68. The Balaban J connectivity index is 2.98. The number of benzene rings is 1. The lowest BCUT2D eigenvalue weighted by Crippen LogP contribution is -2.26. The first-order chi connectivity index (χ1) is 11.8. The van der Waals surface area contributed by atoms with Gasteiger partial charge in [0.05, 0.1) is 24.5 Å². The van der Waals surface area contributed by atoms with Crippen molar-refractivity contribution in [2.45, 2.75) is 13.8 Å². The van der Waals surface area contributed by atoms with E-state index < -0.39 is 35.3 Å². The Morgan fingerprint density at radius 2 is 1.44 bits per heavy atom. The number of amides is 2. The molecule has 0 saturated heterocycles. The second-order valence-electron chi connectivity index (χ2n) is 4.41. The van der Waals surface area contributed by atoms with Gasteiger partial charge in [0.15, 0.2) is 0 Å². The van der Waals surface area contributed by atoms with E-state index in [9.17, 15) is 29.1 Å². The van der Waals surface area contributed by atoms with Crippen molar-refractivity contribution in [3.63, 3.8) is 0 Å². The number of aromatic carboxylic acids is 1. The number of rotatable bonds is 5. The maximum atomic E-state index is 11.6. The number of carbonyl (C=O) groups excluding carboxylic acids is 4. The number of nitrogens with one attached hydrogen (secondary N) is 2. The molecule has 0 aliphatic carbocycles. The molecule has 0 spiro atoms. The topological polar surface area (TPSA) is 148 Å². The second-order valence-corrected chi connectivity index (χ2v) is 4.41. The monoisotopic (exact) mass is 352 g/mol. The van der Waals surface area contributed by atoms with Gasteiger partial charge in [0.2, 0.25) is 0 Å². The van der Waals surface area contributed by atoms with Gasteiger partial charge in [-0.3, -0.25) is 9.59 Å². The Hall–Kier alpha value is -3.43. The maximum absolute atomic E-state index is 11.6. The predicted octanol–water partition coefficient (Wildman–Crippen LogP) is 0.388. The SMILES string of the molecule is CCOC(=O)C(=O)Nc1ccc(NC(=O)C(=O)OCC)c(C(=O)O)c1. The van der Waals surface area contributed by atoms with Gasteiger partial charge in [-0.2, -0.15) is 0 Å². The number of hydrogen-bond acceptors (Lipinski definition) is 7. The Kier molecular flexibility index (Phi) is 7.07. The molecule has 0 unspecified atom stereocenters. The summed E-state index contributed by atoms with van der Waals surface area (Å²) in [5.41, 5.74) is -0.594. The van der Waals surface area contributed by atoms with Crippen LogP contribution in [0.1, 0.15) is 24.2 Å². The van der Waals surface area contributed by atoms with Crippen molar-refractivity contribution in [1.29, 1.82) is 0 Å². The van der Waals surface area contributed by atoms with Crippen LogP contribution in [0.4, 0.5) is 11.4 Å². The van der Waals surface area contributed by atoms with Crippen molar-refractivity contribution in [3.05, 3.63) is 23.8 Å². The number of hydrogen-bond donors (Lipinski definition) is 3. The molecular weight excluding hydrogens is 336 g/mol. The molecule has 1 aromatic carbocycles. The Morgan fingerprint density at radius 3 is 1.92 bits per heavy atom. The van der Waals surface area contributed by atoms with E-state index in [-0.39, 0.29) is 24.6 Å². The van der Waals surface area contributed by atoms with Crippen LogP contribution in [0.5, 0.6) is 0 Å². The molecule has 0 heterocycles. The Bertz CT molecular complexity index is 713. The molecule has 134 valence electrons. The van der Waals surface area contributed by atoms with E-state index in [0.29, 0.717) is 0 Å². The minimum Gasteiger partial charge on any atom is -0.478 e. The van der Waals surface area contributed by atoms with Crippen LogP contribution < -0.4 is 10.6 Å². The highest BCUT2D eigenvalue weighted by molar-refractivity contribution is 6.38. The first-order valence-corrected chi connectivity index (χ1v) is 7.13. The molecular formula is C15H16N2O8. The molecule has 0 aliphatic heterocycles. The van der Waals surface area contributed by atoms with Crippen molar-refractivity contribution < 1.29 is 38.6 Å². The lowest BCUT2D eigenvalue weighted by Gasteiger charge is -2.10. The molecule has 2 amide bonds. The Labute approximate surface area is 142 Å². The fourth-order valence-electron chi connectivity index (χ4n) is 1.66. The summed E-state index contributed by atoms with van der Waals surface area (Å²) in [7, 11) is 0. The number of esters is 2. The summed E-state index contributed by atoms with van der Waals surface area (Å²) in [5, 5.41) is 13.5.